The van der Waals surface area contributed by atoms with Gasteiger partial charge in [0.2, 0.25) is 0 Å². The summed E-state index contributed by atoms with van der Waals surface area (Å²) < 4.78 is 4.43. The van der Waals surface area contributed by atoms with Crippen LogP contribution in [0.1, 0.15) is 596 Å². The van der Waals surface area contributed by atoms with Gasteiger partial charge in [-0.3, -0.25) is 0 Å². The van der Waals surface area contributed by atoms with Gasteiger partial charge >= 0.3 is 5.97 Å². The fraction of sp³-hybridized carbons (Fsp3) is 0.939. The van der Waals surface area contributed by atoms with Gasteiger partial charge in [-0.15, -0.1) is 0 Å². The van der Waals surface area contributed by atoms with Crippen molar-refractivity contribution in [3.63, 3.8) is 0 Å². The summed E-state index contributed by atoms with van der Waals surface area (Å²) in [5.74, 6) is -0.475. The fourth-order valence-corrected chi connectivity index (χ4v) is 16.2. The van der Waals surface area contributed by atoms with Gasteiger partial charge in [0.1, 0.15) is 5.69 Å². The van der Waals surface area contributed by atoms with Crippen molar-refractivity contribution in [3.8, 4) is 0 Å². The maximum atomic E-state index is 10.8. The molecule has 4 heteroatoms. The Labute approximate surface area is 644 Å². The second kappa shape index (κ2) is 93.6. The molecule has 2 N–H and O–H groups in total. The SMILES string of the molecule is CCCCCCCCCCCCCCCCCCCCCCCCCCCCCCCCCCCCCCCCCCCCCCCCCCCCCCCCCCCCCCCCCCCCCCCCCCCCCCCCCCCCCCCCCCC.COC(=O)c1cc(N)ccn1. The summed E-state index contributed by atoms with van der Waals surface area (Å²) in [5.41, 5.74) is 6.13. The largest absolute Gasteiger partial charge is 0.464 e. The molecular weight excluding hydrogens is 1240 g/mol. The number of anilines is 1. The highest BCUT2D eigenvalue weighted by atomic mass is 16.5. The molecule has 1 aromatic rings. The van der Waals surface area contributed by atoms with E-state index in [1.165, 1.54) is 591 Å². The Morgan fingerprint density at radius 2 is 0.333 bits per heavy atom. The van der Waals surface area contributed by atoms with E-state index in [0.29, 0.717) is 5.69 Å². The highest BCUT2D eigenvalue weighted by Gasteiger charge is 2.07. The number of nitrogen functional groups attached to an aromatic ring is 1. The van der Waals surface area contributed by atoms with Crippen molar-refractivity contribution in [1.29, 1.82) is 0 Å². The monoisotopic (exact) mass is 1430 g/mol. The third-order valence-electron chi connectivity index (χ3n) is 23.4. The molecule has 0 atom stereocenters. The molecule has 0 aliphatic rings. The number of hydrogen-bond acceptors (Lipinski definition) is 4. The van der Waals surface area contributed by atoms with Crippen LogP contribution in [0.2, 0.25) is 0 Å². The van der Waals surface area contributed by atoms with Crippen LogP contribution >= 0.6 is 0 Å². The van der Waals surface area contributed by atoms with Crippen molar-refractivity contribution in [3.05, 3.63) is 24.0 Å². The van der Waals surface area contributed by atoms with Crippen molar-refractivity contribution in [2.45, 2.75) is 585 Å². The van der Waals surface area contributed by atoms with Gasteiger partial charge in [-0.1, -0.05) is 585 Å². The average molecular weight is 1430 g/mol. The number of unbranched alkanes of at least 4 members (excludes halogenated alkanes) is 88. The van der Waals surface area contributed by atoms with Crippen LogP contribution in [0.4, 0.5) is 5.69 Å². The predicted molar refractivity (Wildman–Crippen MR) is 462 cm³/mol. The molecule has 0 spiro atoms. The Bertz CT molecular complexity index is 1540. The zero-order valence-electron chi connectivity index (χ0n) is 71.0. The number of pyridine rings is 1. The first-order chi connectivity index (χ1) is 50.7. The third-order valence-corrected chi connectivity index (χ3v) is 23.4. The highest BCUT2D eigenvalue weighted by molar-refractivity contribution is 5.87. The van der Waals surface area contributed by atoms with E-state index in [9.17, 15) is 4.79 Å². The van der Waals surface area contributed by atoms with Crippen molar-refractivity contribution in [2.75, 3.05) is 12.8 Å². The molecule has 102 heavy (non-hydrogen) atoms. The maximum Gasteiger partial charge on any atom is 0.356 e. The molecular formula is C98H192N2O2. The molecule has 4 nitrogen and oxygen atoms in total. The Balaban J connectivity index is 0.00000839. The molecule has 0 unspecified atom stereocenters. The average Bonchev–Trinajstić information content (AvgIpc) is 0.954. The number of ether oxygens (including phenoxy) is 1. The molecule has 0 radical (unpaired) electrons. The number of nitrogens with zero attached hydrogens (tertiary/aromatic N) is 1. The smallest absolute Gasteiger partial charge is 0.356 e. The van der Waals surface area contributed by atoms with Crippen LogP contribution in [-0.4, -0.2) is 18.1 Å². The lowest BCUT2D eigenvalue weighted by Crippen LogP contribution is -2.04. The molecule has 0 amide bonds. The summed E-state index contributed by atoms with van der Waals surface area (Å²) in [4.78, 5) is 14.6. The Hall–Kier alpha value is -1.58. The minimum atomic E-state index is -0.475. The van der Waals surface area contributed by atoms with Crippen LogP contribution in [0.3, 0.4) is 0 Å². The summed E-state index contributed by atoms with van der Waals surface area (Å²) >= 11 is 0. The first-order valence-electron chi connectivity index (χ1n) is 48.5. The van der Waals surface area contributed by atoms with E-state index in [1.54, 1.807) is 6.07 Å². The van der Waals surface area contributed by atoms with Gasteiger partial charge in [0.05, 0.1) is 7.11 Å². The number of esters is 1. The van der Waals surface area contributed by atoms with Gasteiger partial charge in [-0.2, -0.15) is 0 Å². The summed E-state index contributed by atoms with van der Waals surface area (Å²) in [6.45, 7) is 4.63. The molecule has 1 rings (SSSR count). The number of nitrogens with two attached hydrogens (primary N) is 1. The number of carbonyl (C=O) groups is 1. The van der Waals surface area contributed by atoms with E-state index in [-0.39, 0.29) is 5.69 Å². The number of hydrogen-bond donors (Lipinski definition) is 1. The van der Waals surface area contributed by atoms with E-state index < -0.39 is 5.97 Å². The second-order valence-electron chi connectivity index (χ2n) is 33.7. The standard InChI is InChI=1S/C91H184.C7H8N2O2/c1-3-5-7-9-11-13-15-17-19-21-23-25-27-29-31-33-35-37-39-41-43-45-47-49-51-53-55-57-59-61-63-65-67-69-71-73-75-77-79-81-83-85-87-89-91-90-88-86-84-82-80-78-76-74-72-70-68-66-64-62-60-58-56-54-52-50-48-46-44-42-40-38-36-34-32-30-28-26-24-22-20-18-16-14-12-10-8-6-4-2;1-11-7(10)6-4-5(8)2-3-9-6/h3-91H2,1-2H3;2-4H,1H3,(H2,8,9). The van der Waals surface area contributed by atoms with Gasteiger partial charge in [0, 0.05) is 11.9 Å². The van der Waals surface area contributed by atoms with Gasteiger partial charge in [-0.25, -0.2) is 9.78 Å². The van der Waals surface area contributed by atoms with Gasteiger partial charge < -0.3 is 10.5 Å². The predicted octanol–water partition coefficient (Wildman–Crippen LogP) is 36.2. The highest BCUT2D eigenvalue weighted by Crippen LogP contribution is 2.23. The summed E-state index contributed by atoms with van der Waals surface area (Å²) in [6, 6.07) is 3.07. The zero-order valence-corrected chi connectivity index (χ0v) is 71.0. The number of rotatable bonds is 89. The molecule has 1 heterocycles. The molecule has 0 saturated heterocycles. The minimum Gasteiger partial charge on any atom is -0.464 e. The molecule has 1 aromatic heterocycles. The normalized spacial score (nSPS) is 11.5. The van der Waals surface area contributed by atoms with E-state index >= 15 is 0 Å². The third kappa shape index (κ3) is 89.0. The van der Waals surface area contributed by atoms with Gasteiger partial charge in [0.25, 0.3) is 0 Å². The Morgan fingerprint density at radius 1 is 0.225 bits per heavy atom. The molecule has 0 bridgehead atoms. The minimum absolute atomic E-state index is 0.229. The quantitative estimate of drug-likeness (QED) is 0.0521. The van der Waals surface area contributed by atoms with E-state index in [0.717, 1.165) is 0 Å². The first kappa shape index (κ1) is 100. The van der Waals surface area contributed by atoms with Crippen LogP contribution in [0, 0.1) is 0 Å². The number of carbonyl (C=O) groups excluding carboxylic acids is 1. The molecule has 0 fully saturated rings. The van der Waals surface area contributed by atoms with Crippen molar-refractivity contribution < 1.29 is 9.53 Å². The summed E-state index contributed by atoms with van der Waals surface area (Å²) in [6.07, 6.45) is 134. The van der Waals surface area contributed by atoms with E-state index in [1.807, 2.05) is 0 Å². The van der Waals surface area contributed by atoms with Crippen molar-refractivity contribution >= 4 is 11.7 Å². The summed E-state index contributed by atoms with van der Waals surface area (Å²) in [7, 11) is 1.30. The van der Waals surface area contributed by atoms with Crippen LogP contribution in [0.5, 0.6) is 0 Å². The lowest BCUT2D eigenvalue weighted by Gasteiger charge is -2.05. The maximum absolute atomic E-state index is 10.8. The van der Waals surface area contributed by atoms with Crippen molar-refractivity contribution in [1.82, 2.24) is 4.98 Å². The lowest BCUT2D eigenvalue weighted by atomic mass is 10.0. The fourth-order valence-electron chi connectivity index (χ4n) is 16.2. The Morgan fingerprint density at radius 3 is 0.422 bits per heavy atom. The Kier molecular flexibility index (Phi) is 92.2. The molecule has 606 valence electrons. The topological polar surface area (TPSA) is 65.2 Å². The summed E-state index contributed by atoms with van der Waals surface area (Å²) in [5, 5.41) is 0. The molecule has 0 aliphatic carbocycles. The van der Waals surface area contributed by atoms with E-state index in [4.69, 9.17) is 5.73 Å². The number of aromatic nitrogens is 1. The van der Waals surface area contributed by atoms with Gasteiger partial charge in [0.15, 0.2) is 0 Å². The van der Waals surface area contributed by atoms with Crippen LogP contribution in [-0.2, 0) is 4.74 Å². The molecule has 0 aliphatic heterocycles. The number of methoxy groups -OCH3 is 1. The van der Waals surface area contributed by atoms with E-state index in [2.05, 4.69) is 23.6 Å². The molecule has 0 saturated carbocycles. The second-order valence-corrected chi connectivity index (χ2v) is 33.7. The van der Waals surface area contributed by atoms with Crippen molar-refractivity contribution in [2.24, 2.45) is 0 Å². The zero-order chi connectivity index (χ0) is 73.2. The van der Waals surface area contributed by atoms with Crippen LogP contribution in [0.15, 0.2) is 18.3 Å². The lowest BCUT2D eigenvalue weighted by molar-refractivity contribution is 0.0594. The first-order valence-corrected chi connectivity index (χ1v) is 48.5. The van der Waals surface area contributed by atoms with Crippen LogP contribution < -0.4 is 5.73 Å². The van der Waals surface area contributed by atoms with Crippen LogP contribution in [0.25, 0.3) is 0 Å². The van der Waals surface area contributed by atoms with Gasteiger partial charge in [-0.05, 0) is 12.1 Å². The molecule has 0 aromatic carbocycles.